The van der Waals surface area contributed by atoms with Crippen LogP contribution >= 0.6 is 11.5 Å². The molecule has 6 rings (SSSR count). The van der Waals surface area contributed by atoms with Gasteiger partial charge >= 0.3 is 0 Å². The molecule has 2 heterocycles. The van der Waals surface area contributed by atoms with E-state index in [-0.39, 0.29) is 5.91 Å². The molecule has 0 unspecified atom stereocenters. The van der Waals surface area contributed by atoms with E-state index in [9.17, 15) is 4.79 Å². The summed E-state index contributed by atoms with van der Waals surface area (Å²) in [6.45, 7) is 8.08. The SMILES string of the molecule is CC(=O)N(CC1CC1)[C@@H]1Cc2ccc(CCN3CCN(c4nsc5ccccc45)CC3)cc2C1. The van der Waals surface area contributed by atoms with Gasteiger partial charge in [-0.2, -0.15) is 4.37 Å². The maximum absolute atomic E-state index is 12.3. The molecule has 2 aliphatic carbocycles. The van der Waals surface area contributed by atoms with E-state index < -0.39 is 0 Å². The summed E-state index contributed by atoms with van der Waals surface area (Å²) in [5, 5.41) is 1.29. The van der Waals surface area contributed by atoms with E-state index in [0.717, 1.165) is 70.3 Å². The number of carbonyl (C=O) groups is 1. The molecule has 6 heteroatoms. The molecule has 0 N–H and O–H groups in total. The van der Waals surface area contributed by atoms with Crippen molar-refractivity contribution in [2.75, 3.05) is 44.2 Å². The quantitative estimate of drug-likeness (QED) is 0.509. The molecule has 2 fully saturated rings. The number of amides is 1. The minimum Gasteiger partial charge on any atom is -0.353 e. The van der Waals surface area contributed by atoms with Crippen molar-refractivity contribution in [1.82, 2.24) is 14.2 Å². The minimum atomic E-state index is 0.245. The van der Waals surface area contributed by atoms with E-state index in [1.165, 1.54) is 39.6 Å². The standard InChI is InChI=1S/C28H34N4OS/c1-20(33)32(19-22-6-7-22)25-17-23-9-8-21(16-24(23)18-25)10-11-30-12-14-31(15-13-30)28-26-4-2-3-5-27(26)34-29-28/h2-5,8-9,16,22,25H,6-7,10-15,17-19H2,1H3/t25-/m1/s1. The van der Waals surface area contributed by atoms with Gasteiger partial charge in [0.25, 0.3) is 0 Å². The first kappa shape index (κ1) is 22.1. The van der Waals surface area contributed by atoms with Crippen LogP contribution in [0.4, 0.5) is 5.82 Å². The third-order valence-corrected chi connectivity index (χ3v) is 8.74. The summed E-state index contributed by atoms with van der Waals surface area (Å²) >= 11 is 1.61. The Morgan fingerprint density at radius 1 is 1.06 bits per heavy atom. The summed E-state index contributed by atoms with van der Waals surface area (Å²) in [6, 6.07) is 16.0. The van der Waals surface area contributed by atoms with Crippen LogP contribution in [0.15, 0.2) is 42.5 Å². The van der Waals surface area contributed by atoms with Gasteiger partial charge in [-0.3, -0.25) is 9.69 Å². The maximum Gasteiger partial charge on any atom is 0.219 e. The van der Waals surface area contributed by atoms with E-state index in [2.05, 4.69) is 57.2 Å². The van der Waals surface area contributed by atoms with Crippen molar-refractivity contribution in [1.29, 1.82) is 0 Å². The highest BCUT2D eigenvalue weighted by molar-refractivity contribution is 7.13. The first-order valence-electron chi connectivity index (χ1n) is 12.8. The molecule has 1 atom stereocenters. The number of hydrogen-bond donors (Lipinski definition) is 0. The fourth-order valence-electron chi connectivity index (χ4n) is 5.71. The highest BCUT2D eigenvalue weighted by atomic mass is 32.1. The number of piperazine rings is 1. The Kier molecular flexibility index (Phi) is 6.04. The molecule has 3 aliphatic rings. The fraction of sp³-hybridized carbons (Fsp3) is 0.500. The number of nitrogens with zero attached hydrogens (tertiary/aromatic N) is 4. The van der Waals surface area contributed by atoms with Crippen molar-refractivity contribution in [2.24, 2.45) is 5.92 Å². The summed E-state index contributed by atoms with van der Waals surface area (Å²) in [7, 11) is 0. The van der Waals surface area contributed by atoms with Crippen molar-refractivity contribution in [2.45, 2.75) is 45.1 Å². The monoisotopic (exact) mass is 474 g/mol. The number of carbonyl (C=O) groups excluding carboxylic acids is 1. The van der Waals surface area contributed by atoms with Gasteiger partial charge in [0.2, 0.25) is 5.91 Å². The Hall–Kier alpha value is -2.44. The molecule has 0 spiro atoms. The van der Waals surface area contributed by atoms with Crippen LogP contribution in [0, 0.1) is 5.92 Å². The van der Waals surface area contributed by atoms with Crippen LogP contribution in [-0.4, -0.2) is 65.4 Å². The summed E-state index contributed by atoms with van der Waals surface area (Å²) in [5.41, 5.74) is 4.34. The van der Waals surface area contributed by atoms with Crippen LogP contribution in [0.3, 0.4) is 0 Å². The number of fused-ring (bicyclic) bond motifs is 2. The zero-order valence-electron chi connectivity index (χ0n) is 20.1. The van der Waals surface area contributed by atoms with E-state index >= 15 is 0 Å². The van der Waals surface area contributed by atoms with Crippen molar-refractivity contribution >= 4 is 33.3 Å². The lowest BCUT2D eigenvalue weighted by molar-refractivity contribution is -0.131. The topological polar surface area (TPSA) is 39.7 Å². The summed E-state index contributed by atoms with van der Waals surface area (Å²) < 4.78 is 6.02. The van der Waals surface area contributed by atoms with Gasteiger partial charge in [-0.25, -0.2) is 0 Å². The molecule has 1 saturated carbocycles. The van der Waals surface area contributed by atoms with Crippen LogP contribution in [-0.2, 0) is 24.1 Å². The lowest BCUT2D eigenvalue weighted by atomic mass is 10.0. The van der Waals surface area contributed by atoms with Crippen molar-refractivity contribution in [3.8, 4) is 0 Å². The van der Waals surface area contributed by atoms with Crippen LogP contribution in [0.25, 0.3) is 10.1 Å². The number of rotatable bonds is 7. The third kappa shape index (κ3) is 4.58. The van der Waals surface area contributed by atoms with Crippen LogP contribution in [0.1, 0.15) is 36.5 Å². The second-order valence-electron chi connectivity index (χ2n) is 10.4. The predicted molar refractivity (Wildman–Crippen MR) is 140 cm³/mol. The number of hydrogen-bond acceptors (Lipinski definition) is 5. The average Bonchev–Trinajstić information content (AvgIpc) is 3.42. The molecule has 1 aliphatic heterocycles. The highest BCUT2D eigenvalue weighted by Crippen LogP contribution is 2.34. The van der Waals surface area contributed by atoms with Crippen molar-refractivity contribution in [3.05, 3.63) is 59.2 Å². The average molecular weight is 475 g/mol. The molecular weight excluding hydrogens is 440 g/mol. The van der Waals surface area contributed by atoms with E-state index in [1.807, 2.05) is 0 Å². The first-order valence-corrected chi connectivity index (χ1v) is 13.6. The largest absolute Gasteiger partial charge is 0.353 e. The van der Waals surface area contributed by atoms with Gasteiger partial charge in [-0.1, -0.05) is 30.3 Å². The second-order valence-corrected chi connectivity index (χ2v) is 11.2. The number of anilines is 1. The molecular formula is C28H34N4OS. The van der Waals surface area contributed by atoms with E-state index in [1.54, 1.807) is 18.5 Å². The van der Waals surface area contributed by atoms with E-state index in [0.29, 0.717) is 6.04 Å². The summed E-state index contributed by atoms with van der Waals surface area (Å²) in [5.74, 6) is 2.15. The van der Waals surface area contributed by atoms with Crippen LogP contribution in [0.5, 0.6) is 0 Å². The molecule has 3 aromatic rings. The molecule has 1 aromatic heterocycles. The Balaban J connectivity index is 1.03. The molecule has 5 nitrogen and oxygen atoms in total. The first-order chi connectivity index (χ1) is 16.6. The number of aromatic nitrogens is 1. The van der Waals surface area contributed by atoms with Gasteiger partial charge in [-0.05, 0) is 78.4 Å². The molecule has 34 heavy (non-hydrogen) atoms. The molecule has 1 amide bonds. The van der Waals surface area contributed by atoms with Gasteiger partial charge < -0.3 is 9.80 Å². The lowest BCUT2D eigenvalue weighted by Gasteiger charge is -2.35. The molecule has 0 bridgehead atoms. The van der Waals surface area contributed by atoms with Gasteiger partial charge in [0, 0.05) is 57.6 Å². The molecule has 2 aromatic carbocycles. The van der Waals surface area contributed by atoms with E-state index in [4.69, 9.17) is 4.37 Å². The maximum atomic E-state index is 12.3. The smallest absolute Gasteiger partial charge is 0.219 e. The Morgan fingerprint density at radius 3 is 2.65 bits per heavy atom. The van der Waals surface area contributed by atoms with Gasteiger partial charge in [0.1, 0.15) is 5.82 Å². The Labute approximate surface area is 206 Å². The fourth-order valence-corrected chi connectivity index (χ4v) is 6.50. The van der Waals surface area contributed by atoms with Crippen LogP contribution in [0.2, 0.25) is 0 Å². The minimum absolute atomic E-state index is 0.245. The number of benzene rings is 2. The summed E-state index contributed by atoms with van der Waals surface area (Å²) in [4.78, 5) is 19.5. The Bertz CT molecular complexity index is 1180. The van der Waals surface area contributed by atoms with Crippen molar-refractivity contribution in [3.63, 3.8) is 0 Å². The normalized spacial score (nSPS) is 20.6. The molecule has 0 radical (unpaired) electrons. The second kappa shape index (κ2) is 9.31. The molecule has 1 saturated heterocycles. The van der Waals surface area contributed by atoms with Crippen molar-refractivity contribution < 1.29 is 4.79 Å². The van der Waals surface area contributed by atoms with Crippen LogP contribution < -0.4 is 4.90 Å². The van der Waals surface area contributed by atoms with Gasteiger partial charge in [0.15, 0.2) is 0 Å². The highest BCUT2D eigenvalue weighted by Gasteiger charge is 2.33. The summed E-state index contributed by atoms with van der Waals surface area (Å²) in [6.07, 6.45) is 5.73. The predicted octanol–water partition coefficient (Wildman–Crippen LogP) is 4.39. The zero-order chi connectivity index (χ0) is 23.1. The molecule has 178 valence electrons. The van der Waals surface area contributed by atoms with Gasteiger partial charge in [-0.15, -0.1) is 0 Å². The van der Waals surface area contributed by atoms with Gasteiger partial charge in [0.05, 0.1) is 4.70 Å². The third-order valence-electron chi connectivity index (χ3n) is 7.93. The Morgan fingerprint density at radius 2 is 1.85 bits per heavy atom. The lowest BCUT2D eigenvalue weighted by Crippen LogP contribution is -2.47. The zero-order valence-corrected chi connectivity index (χ0v) is 20.9.